The van der Waals surface area contributed by atoms with E-state index in [1.54, 1.807) is 42.6 Å². The Morgan fingerprint density at radius 2 is 2.06 bits per heavy atom. The van der Waals surface area contributed by atoms with E-state index in [2.05, 4.69) is 0 Å². The third-order valence-corrected chi connectivity index (χ3v) is 6.37. The van der Waals surface area contributed by atoms with E-state index >= 15 is 0 Å². The second-order valence-corrected chi connectivity index (χ2v) is 8.94. The number of rotatable bonds is 6. The Morgan fingerprint density at radius 3 is 2.77 bits per heavy atom. The van der Waals surface area contributed by atoms with E-state index in [1.807, 2.05) is 6.92 Å². The minimum Gasteiger partial charge on any atom is -0.503 e. The number of ether oxygens (including phenoxy) is 1. The Labute approximate surface area is 187 Å². The second kappa shape index (κ2) is 8.56. The van der Waals surface area contributed by atoms with Crippen molar-refractivity contribution in [3.63, 3.8) is 0 Å². The molecule has 31 heavy (non-hydrogen) atoms. The highest BCUT2D eigenvalue weighted by Gasteiger charge is 2.32. The number of cyclic esters (lactones) is 1. The van der Waals surface area contributed by atoms with E-state index in [4.69, 9.17) is 16.3 Å². The number of hydrogen-bond donors (Lipinski definition) is 1. The van der Waals surface area contributed by atoms with Crippen molar-refractivity contribution in [1.29, 1.82) is 0 Å². The number of amides is 1. The van der Waals surface area contributed by atoms with E-state index in [-0.39, 0.29) is 24.1 Å². The van der Waals surface area contributed by atoms with Gasteiger partial charge in [0.2, 0.25) is 0 Å². The molecular formula is C22H19ClN2O5S. The lowest BCUT2D eigenvalue weighted by Crippen LogP contribution is -2.25. The highest BCUT2D eigenvalue weighted by atomic mass is 35.5. The molecule has 0 bridgehead atoms. The number of hydrogen-bond acceptors (Lipinski definition) is 6. The summed E-state index contributed by atoms with van der Waals surface area (Å²) >= 11 is 7.11. The first-order chi connectivity index (χ1) is 14.8. The lowest BCUT2D eigenvalue weighted by Gasteiger charge is -2.16. The van der Waals surface area contributed by atoms with Gasteiger partial charge in [-0.25, -0.2) is 4.79 Å². The molecule has 1 fully saturated rings. The van der Waals surface area contributed by atoms with Crippen LogP contribution in [0.4, 0.5) is 10.5 Å². The maximum atomic E-state index is 12.4. The first-order valence-corrected chi connectivity index (χ1v) is 10.8. The average Bonchev–Trinajstić information content (AvgIpc) is 3.34. The predicted octanol–water partition coefficient (Wildman–Crippen LogP) is 4.55. The first-order valence-electron chi connectivity index (χ1n) is 9.62. The lowest BCUT2D eigenvalue weighted by atomic mass is 10.1. The summed E-state index contributed by atoms with van der Waals surface area (Å²) in [6, 6.07) is 11.5. The minimum absolute atomic E-state index is 0.0249. The zero-order valence-corrected chi connectivity index (χ0v) is 18.2. The van der Waals surface area contributed by atoms with Crippen molar-refractivity contribution in [2.45, 2.75) is 25.9 Å². The Bertz CT molecular complexity index is 1220. The third kappa shape index (κ3) is 4.35. The van der Waals surface area contributed by atoms with Crippen LogP contribution in [-0.2, 0) is 4.74 Å². The summed E-state index contributed by atoms with van der Waals surface area (Å²) in [5.74, 6) is -0.362. The van der Waals surface area contributed by atoms with Crippen molar-refractivity contribution in [2.75, 3.05) is 11.4 Å². The van der Waals surface area contributed by atoms with E-state index in [1.165, 1.54) is 26.9 Å². The van der Waals surface area contributed by atoms with Crippen molar-refractivity contribution in [3.8, 4) is 11.4 Å². The number of pyridine rings is 1. The molecule has 1 amide bonds. The van der Waals surface area contributed by atoms with Crippen LogP contribution in [0.1, 0.15) is 28.1 Å². The molecule has 1 aromatic carbocycles. The van der Waals surface area contributed by atoms with Gasteiger partial charge >= 0.3 is 6.09 Å². The van der Waals surface area contributed by atoms with Crippen molar-refractivity contribution in [3.05, 3.63) is 73.8 Å². The van der Waals surface area contributed by atoms with Gasteiger partial charge in [-0.2, -0.15) is 0 Å². The molecule has 1 atom stereocenters. The molecule has 0 radical (unpaired) electrons. The Hall–Kier alpha value is -3.10. The lowest BCUT2D eigenvalue weighted by molar-refractivity contribution is 0.0943. The number of benzene rings is 1. The van der Waals surface area contributed by atoms with Crippen molar-refractivity contribution < 1.29 is 19.4 Å². The summed E-state index contributed by atoms with van der Waals surface area (Å²) in [4.78, 5) is 38.9. The van der Waals surface area contributed by atoms with Crippen LogP contribution >= 0.6 is 22.9 Å². The van der Waals surface area contributed by atoms with E-state index < -0.39 is 11.7 Å². The topological polar surface area (TPSA) is 88.8 Å². The van der Waals surface area contributed by atoms with Gasteiger partial charge in [0, 0.05) is 18.3 Å². The predicted molar refractivity (Wildman–Crippen MR) is 119 cm³/mol. The number of Topliss-reactive ketones (excluding diaryl/α,β-unsaturated/α-hetero) is 1. The molecule has 1 aliphatic rings. The fraction of sp³-hybridized carbons (Fsp3) is 0.227. The largest absolute Gasteiger partial charge is 0.503 e. The van der Waals surface area contributed by atoms with Gasteiger partial charge in [-0.05, 0) is 61.4 Å². The van der Waals surface area contributed by atoms with Crippen LogP contribution in [0.15, 0.2) is 53.5 Å². The van der Waals surface area contributed by atoms with Crippen molar-refractivity contribution >= 4 is 40.5 Å². The molecule has 7 nitrogen and oxygen atoms in total. The summed E-state index contributed by atoms with van der Waals surface area (Å²) in [5.41, 5.74) is 1.48. The fourth-order valence-electron chi connectivity index (χ4n) is 3.51. The molecule has 9 heteroatoms. The number of carbonyl (C=O) groups is 2. The number of ketones is 1. The normalized spacial score (nSPS) is 15.9. The fourth-order valence-corrected chi connectivity index (χ4v) is 4.52. The smallest absolute Gasteiger partial charge is 0.414 e. The maximum absolute atomic E-state index is 12.4. The zero-order chi connectivity index (χ0) is 22.1. The molecule has 3 heterocycles. The van der Waals surface area contributed by atoms with Gasteiger partial charge in [-0.15, -0.1) is 11.3 Å². The number of thiophene rings is 1. The zero-order valence-electron chi connectivity index (χ0n) is 16.6. The number of halogens is 1. The summed E-state index contributed by atoms with van der Waals surface area (Å²) in [6.07, 6.45) is 1.40. The average molecular weight is 459 g/mol. The van der Waals surface area contributed by atoms with Gasteiger partial charge < -0.3 is 9.84 Å². The van der Waals surface area contributed by atoms with Crippen LogP contribution in [0.25, 0.3) is 5.69 Å². The van der Waals surface area contributed by atoms with Crippen molar-refractivity contribution in [1.82, 2.24) is 4.57 Å². The van der Waals surface area contributed by atoms with Crippen LogP contribution in [0.2, 0.25) is 4.34 Å². The molecule has 160 valence electrons. The number of anilines is 1. The van der Waals surface area contributed by atoms with Gasteiger partial charge in [0.1, 0.15) is 6.10 Å². The summed E-state index contributed by atoms with van der Waals surface area (Å²) in [6.45, 7) is 2.15. The third-order valence-electron chi connectivity index (χ3n) is 5.09. The van der Waals surface area contributed by atoms with Crippen LogP contribution in [0.3, 0.4) is 0 Å². The quantitative estimate of drug-likeness (QED) is 0.547. The SMILES string of the molecule is Cc1cc(N2C[C@H](CCC(=O)c3ccc(Cl)s3)OC2=O)ccc1-n1cccc(O)c1=O. The van der Waals surface area contributed by atoms with Gasteiger partial charge in [0.15, 0.2) is 11.5 Å². The summed E-state index contributed by atoms with van der Waals surface area (Å²) < 4.78 is 7.35. The number of aromatic nitrogens is 1. The highest BCUT2D eigenvalue weighted by molar-refractivity contribution is 7.18. The second-order valence-electron chi connectivity index (χ2n) is 7.22. The Morgan fingerprint density at radius 1 is 1.26 bits per heavy atom. The Balaban J connectivity index is 1.45. The van der Waals surface area contributed by atoms with Crippen molar-refractivity contribution in [2.24, 2.45) is 0 Å². The maximum Gasteiger partial charge on any atom is 0.414 e. The van der Waals surface area contributed by atoms with E-state index in [0.29, 0.717) is 33.6 Å². The van der Waals surface area contributed by atoms with Gasteiger partial charge in [-0.3, -0.25) is 19.1 Å². The monoisotopic (exact) mass is 458 g/mol. The van der Waals surface area contributed by atoms with Crippen LogP contribution in [0, 0.1) is 6.92 Å². The number of aromatic hydroxyl groups is 1. The molecule has 1 N–H and O–H groups in total. The molecule has 0 saturated carbocycles. The minimum atomic E-state index is -0.518. The molecule has 2 aromatic heterocycles. The van der Waals surface area contributed by atoms with Gasteiger partial charge in [0.25, 0.3) is 5.56 Å². The molecular weight excluding hydrogens is 440 g/mol. The molecule has 0 spiro atoms. The molecule has 3 aromatic rings. The molecule has 1 saturated heterocycles. The first kappa shape index (κ1) is 21.1. The molecule has 0 aliphatic carbocycles. The highest BCUT2D eigenvalue weighted by Crippen LogP contribution is 2.28. The van der Waals surface area contributed by atoms with Crippen LogP contribution in [0.5, 0.6) is 5.75 Å². The van der Waals surface area contributed by atoms with Gasteiger partial charge in [-0.1, -0.05) is 11.6 Å². The van der Waals surface area contributed by atoms with Crippen LogP contribution in [-0.4, -0.2) is 34.2 Å². The number of aryl methyl sites for hydroxylation is 1. The van der Waals surface area contributed by atoms with Gasteiger partial charge in [0.05, 0.1) is 21.4 Å². The standard InChI is InChI=1S/C22H19ClN2O5S/c1-13-11-14(4-6-16(13)24-10-2-3-18(27)21(24)28)25-12-15(30-22(25)29)5-7-17(26)19-8-9-20(23)31-19/h2-4,6,8-11,15,27H,5,7,12H2,1H3/t15-/m0/s1. The Kier molecular flexibility index (Phi) is 5.84. The summed E-state index contributed by atoms with van der Waals surface area (Å²) in [7, 11) is 0. The molecule has 1 aliphatic heterocycles. The number of nitrogens with zero attached hydrogens (tertiary/aromatic N) is 2. The summed E-state index contributed by atoms with van der Waals surface area (Å²) in [5, 5.41) is 9.67. The molecule has 4 rings (SSSR count). The number of carbonyl (C=O) groups excluding carboxylic acids is 2. The van der Waals surface area contributed by atoms with Crippen LogP contribution < -0.4 is 10.5 Å². The molecule has 0 unspecified atom stereocenters. The van der Waals surface area contributed by atoms with E-state index in [0.717, 1.165) is 5.56 Å². The van der Waals surface area contributed by atoms with E-state index in [9.17, 15) is 19.5 Å².